The number of methoxy groups -OCH3 is 1. The Bertz CT molecular complexity index is 990. The number of carbonyl (C=O) groups excluding carboxylic acids is 2. The minimum atomic E-state index is -0.423. The van der Waals surface area contributed by atoms with E-state index in [4.69, 9.17) is 4.74 Å². The highest BCUT2D eigenvalue weighted by molar-refractivity contribution is 6.05. The Morgan fingerprint density at radius 2 is 1.79 bits per heavy atom. The van der Waals surface area contributed by atoms with Gasteiger partial charge in [-0.1, -0.05) is 18.2 Å². The lowest BCUT2D eigenvalue weighted by molar-refractivity contribution is 0.0945. The molecule has 0 saturated carbocycles. The molecule has 3 rings (SSSR count). The number of rotatable bonds is 6. The molecule has 0 aliphatic heterocycles. The van der Waals surface area contributed by atoms with Crippen LogP contribution in [0.4, 0.5) is 10.1 Å². The summed E-state index contributed by atoms with van der Waals surface area (Å²) in [7, 11) is 1.56. The summed E-state index contributed by atoms with van der Waals surface area (Å²) in [5.74, 6) is -0.561. The van der Waals surface area contributed by atoms with E-state index in [1.54, 1.807) is 13.2 Å². The first-order chi connectivity index (χ1) is 13.6. The predicted molar refractivity (Wildman–Crippen MR) is 103 cm³/mol. The third kappa shape index (κ3) is 4.70. The van der Waals surface area contributed by atoms with E-state index in [-0.39, 0.29) is 17.8 Å². The van der Waals surface area contributed by atoms with Gasteiger partial charge in [-0.25, -0.2) is 4.39 Å². The standard InChI is InChI=1S/C21H18FN3O3/c1-28-19-5-3-2-4-15(19)13-24-21(27)18-12-14(10-11-23-18)20(26)25-17-8-6-16(22)7-9-17/h2-12H,13H2,1H3,(H,24,27)(H,25,26). The van der Waals surface area contributed by atoms with E-state index in [1.165, 1.54) is 42.6 Å². The van der Waals surface area contributed by atoms with Gasteiger partial charge in [-0.05, 0) is 42.5 Å². The summed E-state index contributed by atoms with van der Waals surface area (Å²) in [4.78, 5) is 28.8. The fourth-order valence-electron chi connectivity index (χ4n) is 2.55. The van der Waals surface area contributed by atoms with Crippen LogP contribution in [-0.4, -0.2) is 23.9 Å². The summed E-state index contributed by atoms with van der Waals surface area (Å²) in [6.45, 7) is 0.260. The van der Waals surface area contributed by atoms with Crippen molar-refractivity contribution < 1.29 is 18.7 Å². The number of halogens is 1. The number of anilines is 1. The van der Waals surface area contributed by atoms with Gasteiger partial charge in [-0.15, -0.1) is 0 Å². The summed E-state index contributed by atoms with van der Waals surface area (Å²) in [6.07, 6.45) is 1.39. The van der Waals surface area contributed by atoms with Crippen LogP contribution in [0.25, 0.3) is 0 Å². The van der Waals surface area contributed by atoms with Crippen LogP contribution in [0.3, 0.4) is 0 Å². The lowest BCUT2D eigenvalue weighted by atomic mass is 10.2. The number of aromatic nitrogens is 1. The lowest BCUT2D eigenvalue weighted by Crippen LogP contribution is -2.24. The number of hydrogen-bond acceptors (Lipinski definition) is 4. The number of pyridine rings is 1. The van der Waals surface area contributed by atoms with Crippen LogP contribution in [0.1, 0.15) is 26.4 Å². The Morgan fingerprint density at radius 3 is 2.54 bits per heavy atom. The van der Waals surface area contributed by atoms with Gasteiger partial charge in [0.2, 0.25) is 0 Å². The molecule has 2 aromatic carbocycles. The number of hydrogen-bond donors (Lipinski definition) is 2. The summed E-state index contributed by atoms with van der Waals surface area (Å²) in [6, 6.07) is 15.6. The monoisotopic (exact) mass is 379 g/mol. The fraction of sp³-hybridized carbons (Fsp3) is 0.0952. The Kier molecular flexibility index (Phi) is 5.96. The van der Waals surface area contributed by atoms with Crippen LogP contribution in [0.15, 0.2) is 66.9 Å². The molecule has 2 N–H and O–H groups in total. The van der Waals surface area contributed by atoms with Gasteiger partial charge < -0.3 is 15.4 Å². The van der Waals surface area contributed by atoms with Crippen molar-refractivity contribution in [2.75, 3.05) is 12.4 Å². The second-order valence-corrected chi connectivity index (χ2v) is 5.89. The number of amides is 2. The molecule has 0 spiro atoms. The highest BCUT2D eigenvalue weighted by Crippen LogP contribution is 2.17. The van der Waals surface area contributed by atoms with E-state index in [9.17, 15) is 14.0 Å². The Morgan fingerprint density at radius 1 is 1.04 bits per heavy atom. The molecule has 1 heterocycles. The molecule has 6 nitrogen and oxygen atoms in total. The summed E-state index contributed by atoms with van der Waals surface area (Å²) < 4.78 is 18.2. The number of nitrogens with one attached hydrogen (secondary N) is 2. The molecule has 142 valence electrons. The van der Waals surface area contributed by atoms with Gasteiger partial charge in [0.1, 0.15) is 17.3 Å². The second kappa shape index (κ2) is 8.77. The molecule has 0 unspecified atom stereocenters. The van der Waals surface area contributed by atoms with Gasteiger partial charge in [0, 0.05) is 29.6 Å². The van der Waals surface area contributed by atoms with Crippen LogP contribution in [0.5, 0.6) is 5.75 Å². The van der Waals surface area contributed by atoms with Crippen LogP contribution >= 0.6 is 0 Å². The van der Waals surface area contributed by atoms with E-state index in [0.29, 0.717) is 11.4 Å². The Hall–Kier alpha value is -3.74. The minimum Gasteiger partial charge on any atom is -0.496 e. The highest BCUT2D eigenvalue weighted by atomic mass is 19.1. The molecule has 0 atom stereocenters. The number of para-hydroxylation sites is 1. The predicted octanol–water partition coefficient (Wildman–Crippen LogP) is 3.41. The summed E-state index contributed by atoms with van der Waals surface area (Å²) in [5, 5.41) is 5.40. The smallest absolute Gasteiger partial charge is 0.270 e. The molecular weight excluding hydrogens is 361 g/mol. The van der Waals surface area contributed by atoms with Crippen LogP contribution < -0.4 is 15.4 Å². The zero-order valence-corrected chi connectivity index (χ0v) is 15.1. The molecule has 0 aliphatic carbocycles. The van der Waals surface area contributed by atoms with Crippen molar-refractivity contribution in [3.63, 3.8) is 0 Å². The minimum absolute atomic E-state index is 0.113. The molecule has 3 aromatic rings. The molecule has 0 fully saturated rings. The zero-order chi connectivity index (χ0) is 19.9. The maximum Gasteiger partial charge on any atom is 0.270 e. The number of carbonyl (C=O) groups is 2. The first kappa shape index (κ1) is 19.0. The highest BCUT2D eigenvalue weighted by Gasteiger charge is 2.13. The fourth-order valence-corrected chi connectivity index (χ4v) is 2.55. The third-order valence-electron chi connectivity index (χ3n) is 3.99. The normalized spacial score (nSPS) is 10.2. The average molecular weight is 379 g/mol. The van der Waals surface area contributed by atoms with E-state index >= 15 is 0 Å². The van der Waals surface area contributed by atoms with Crippen molar-refractivity contribution in [3.8, 4) is 5.75 Å². The molecule has 0 bridgehead atoms. The van der Waals surface area contributed by atoms with E-state index in [2.05, 4.69) is 15.6 Å². The van der Waals surface area contributed by atoms with Crippen molar-refractivity contribution in [2.45, 2.75) is 6.54 Å². The van der Waals surface area contributed by atoms with Crippen molar-refractivity contribution >= 4 is 17.5 Å². The Labute approximate surface area is 161 Å². The van der Waals surface area contributed by atoms with Crippen molar-refractivity contribution in [2.24, 2.45) is 0 Å². The maximum absolute atomic E-state index is 13.0. The van der Waals surface area contributed by atoms with Gasteiger partial charge in [0.25, 0.3) is 11.8 Å². The SMILES string of the molecule is COc1ccccc1CNC(=O)c1cc(C(=O)Nc2ccc(F)cc2)ccn1. The molecule has 0 aliphatic rings. The Balaban J connectivity index is 1.67. The molecule has 28 heavy (non-hydrogen) atoms. The van der Waals surface area contributed by atoms with E-state index in [1.807, 2.05) is 18.2 Å². The molecule has 1 aromatic heterocycles. The lowest BCUT2D eigenvalue weighted by Gasteiger charge is -2.10. The largest absolute Gasteiger partial charge is 0.496 e. The molecule has 2 amide bonds. The first-order valence-corrected chi connectivity index (χ1v) is 8.50. The van der Waals surface area contributed by atoms with Crippen LogP contribution in [0.2, 0.25) is 0 Å². The van der Waals surface area contributed by atoms with Gasteiger partial charge in [-0.2, -0.15) is 0 Å². The number of nitrogens with zero attached hydrogens (tertiary/aromatic N) is 1. The van der Waals surface area contributed by atoms with Crippen LogP contribution in [0, 0.1) is 5.82 Å². The number of ether oxygens (including phenoxy) is 1. The topological polar surface area (TPSA) is 80.3 Å². The van der Waals surface area contributed by atoms with Crippen LogP contribution in [-0.2, 0) is 6.54 Å². The van der Waals surface area contributed by atoms with Gasteiger partial charge >= 0.3 is 0 Å². The second-order valence-electron chi connectivity index (χ2n) is 5.89. The van der Waals surface area contributed by atoms with Gasteiger partial charge in [0.15, 0.2) is 0 Å². The van der Waals surface area contributed by atoms with E-state index < -0.39 is 17.6 Å². The summed E-state index contributed by atoms with van der Waals surface area (Å²) >= 11 is 0. The van der Waals surface area contributed by atoms with Crippen molar-refractivity contribution in [1.29, 1.82) is 0 Å². The first-order valence-electron chi connectivity index (χ1n) is 8.50. The quantitative estimate of drug-likeness (QED) is 0.688. The van der Waals surface area contributed by atoms with Crippen molar-refractivity contribution in [1.82, 2.24) is 10.3 Å². The molecule has 0 radical (unpaired) electrons. The molecule has 7 heteroatoms. The maximum atomic E-state index is 13.0. The third-order valence-corrected chi connectivity index (χ3v) is 3.99. The van der Waals surface area contributed by atoms with E-state index in [0.717, 1.165) is 5.56 Å². The molecule has 0 saturated heterocycles. The summed E-state index contributed by atoms with van der Waals surface area (Å²) in [5.41, 5.74) is 1.65. The number of benzene rings is 2. The average Bonchev–Trinajstić information content (AvgIpc) is 2.74. The van der Waals surface area contributed by atoms with Crippen molar-refractivity contribution in [3.05, 3.63) is 89.5 Å². The van der Waals surface area contributed by atoms with Gasteiger partial charge in [0.05, 0.1) is 7.11 Å². The zero-order valence-electron chi connectivity index (χ0n) is 15.1. The van der Waals surface area contributed by atoms with Gasteiger partial charge in [-0.3, -0.25) is 14.6 Å². The molecular formula is C21H18FN3O3.